The summed E-state index contributed by atoms with van der Waals surface area (Å²) in [6, 6.07) is 10.0. The van der Waals surface area contributed by atoms with Gasteiger partial charge in [-0.15, -0.1) is 21.5 Å². The second kappa shape index (κ2) is 5.34. The van der Waals surface area contributed by atoms with E-state index in [4.69, 9.17) is 16.6 Å². The summed E-state index contributed by atoms with van der Waals surface area (Å²) in [5.74, 6) is 0.854. The molecule has 4 rings (SSSR count). The van der Waals surface area contributed by atoms with Crippen molar-refractivity contribution in [2.24, 2.45) is 4.99 Å². The van der Waals surface area contributed by atoms with Crippen LogP contribution in [-0.2, 0) is 13.0 Å². The molecule has 0 unspecified atom stereocenters. The maximum atomic E-state index is 6.39. The van der Waals surface area contributed by atoms with Gasteiger partial charge in [0.15, 0.2) is 5.82 Å². The summed E-state index contributed by atoms with van der Waals surface area (Å²) in [6.07, 6.45) is 2.75. The Morgan fingerprint density at radius 2 is 2.14 bits per heavy atom. The van der Waals surface area contributed by atoms with Gasteiger partial charge in [-0.05, 0) is 18.6 Å². The largest absolute Gasteiger partial charge is 0.276 e. The van der Waals surface area contributed by atoms with Gasteiger partial charge in [0.1, 0.15) is 17.9 Å². The van der Waals surface area contributed by atoms with Crippen molar-refractivity contribution < 1.29 is 0 Å². The lowest BCUT2D eigenvalue weighted by molar-refractivity contribution is 0.876. The second-order valence-corrected chi connectivity index (χ2v) is 6.57. The van der Waals surface area contributed by atoms with Crippen LogP contribution in [0.1, 0.15) is 28.8 Å². The van der Waals surface area contributed by atoms with E-state index in [0.29, 0.717) is 11.6 Å². The summed E-state index contributed by atoms with van der Waals surface area (Å²) < 4.78 is 2.03. The van der Waals surface area contributed by atoms with Crippen molar-refractivity contribution >= 4 is 28.6 Å². The number of aliphatic imine (C=N–C) groups is 1. The molecule has 0 spiro atoms. The number of thiophene rings is 1. The van der Waals surface area contributed by atoms with Gasteiger partial charge in [0.25, 0.3) is 0 Å². The van der Waals surface area contributed by atoms with Crippen molar-refractivity contribution in [2.75, 3.05) is 0 Å². The van der Waals surface area contributed by atoms with Gasteiger partial charge in [0.05, 0.1) is 5.71 Å². The summed E-state index contributed by atoms with van der Waals surface area (Å²) in [5.41, 5.74) is 3.00. The number of aryl methyl sites for hydroxylation is 1. The molecule has 0 atom stereocenters. The molecular formula is C16H13ClN4S. The first-order valence-electron chi connectivity index (χ1n) is 7.09. The fourth-order valence-corrected chi connectivity index (χ4v) is 3.92. The highest BCUT2D eigenvalue weighted by atomic mass is 35.5. The summed E-state index contributed by atoms with van der Waals surface area (Å²) in [7, 11) is 0. The van der Waals surface area contributed by atoms with E-state index in [-0.39, 0.29) is 0 Å². The van der Waals surface area contributed by atoms with Crippen molar-refractivity contribution in [2.45, 2.75) is 19.9 Å². The molecule has 0 aliphatic carbocycles. The van der Waals surface area contributed by atoms with Crippen LogP contribution in [0.5, 0.6) is 0 Å². The minimum absolute atomic E-state index is 0.503. The number of hydrogen-bond donors (Lipinski definition) is 0. The third-order valence-electron chi connectivity index (χ3n) is 3.71. The first-order chi connectivity index (χ1) is 10.8. The van der Waals surface area contributed by atoms with Crippen LogP contribution in [0.3, 0.4) is 0 Å². The number of rotatable bonds is 2. The molecule has 1 aliphatic heterocycles. The highest BCUT2D eigenvalue weighted by molar-refractivity contribution is 7.15. The van der Waals surface area contributed by atoms with Crippen LogP contribution in [0.25, 0.3) is 5.00 Å². The summed E-state index contributed by atoms with van der Waals surface area (Å²) in [4.78, 5) is 6.08. The number of aromatic nitrogens is 3. The van der Waals surface area contributed by atoms with E-state index >= 15 is 0 Å². The Kier molecular flexibility index (Phi) is 3.32. The number of halogens is 1. The summed E-state index contributed by atoms with van der Waals surface area (Å²) >= 11 is 8.15. The minimum atomic E-state index is 0.503. The lowest BCUT2D eigenvalue weighted by Gasteiger charge is -2.07. The molecule has 0 saturated heterocycles. The highest BCUT2D eigenvalue weighted by Crippen LogP contribution is 2.33. The molecule has 0 bridgehead atoms. The van der Waals surface area contributed by atoms with Gasteiger partial charge >= 0.3 is 0 Å². The van der Waals surface area contributed by atoms with E-state index in [9.17, 15) is 0 Å². The Morgan fingerprint density at radius 3 is 2.95 bits per heavy atom. The molecule has 0 N–H and O–H groups in total. The van der Waals surface area contributed by atoms with E-state index in [0.717, 1.165) is 34.1 Å². The Morgan fingerprint density at radius 1 is 1.27 bits per heavy atom. The van der Waals surface area contributed by atoms with Crippen molar-refractivity contribution in [1.82, 2.24) is 14.8 Å². The molecule has 22 heavy (non-hydrogen) atoms. The molecule has 4 nitrogen and oxygen atoms in total. The first kappa shape index (κ1) is 13.7. The average Bonchev–Trinajstić information content (AvgIpc) is 3.13. The van der Waals surface area contributed by atoms with Crippen LogP contribution in [0.4, 0.5) is 0 Å². The van der Waals surface area contributed by atoms with Gasteiger partial charge in [-0.3, -0.25) is 9.56 Å². The lowest BCUT2D eigenvalue weighted by Crippen LogP contribution is -2.04. The molecule has 0 fully saturated rings. The van der Waals surface area contributed by atoms with Crippen molar-refractivity contribution in [1.29, 1.82) is 0 Å². The molecule has 0 saturated carbocycles. The van der Waals surface area contributed by atoms with Gasteiger partial charge in [-0.25, -0.2) is 0 Å². The molecule has 1 aromatic carbocycles. The van der Waals surface area contributed by atoms with Crippen molar-refractivity contribution in [3.8, 4) is 5.00 Å². The Bertz CT molecular complexity index is 878. The highest BCUT2D eigenvalue weighted by Gasteiger charge is 2.23. The molecule has 0 radical (unpaired) electrons. The van der Waals surface area contributed by atoms with Gasteiger partial charge in [-0.1, -0.05) is 36.7 Å². The van der Waals surface area contributed by atoms with Crippen LogP contribution in [0.2, 0.25) is 5.02 Å². The molecule has 0 amide bonds. The van der Waals surface area contributed by atoms with Gasteiger partial charge in [-0.2, -0.15) is 0 Å². The quantitative estimate of drug-likeness (QED) is 0.716. The maximum absolute atomic E-state index is 6.39. The third-order valence-corrected chi connectivity index (χ3v) is 5.32. The fraction of sp³-hybridized carbons (Fsp3) is 0.188. The maximum Gasteiger partial charge on any atom is 0.159 e. The van der Waals surface area contributed by atoms with E-state index in [1.54, 1.807) is 17.7 Å². The normalized spacial score (nSPS) is 13.3. The fourth-order valence-electron chi connectivity index (χ4n) is 2.61. The average molecular weight is 329 g/mol. The predicted octanol–water partition coefficient (Wildman–Crippen LogP) is 3.90. The van der Waals surface area contributed by atoms with E-state index in [2.05, 4.69) is 23.2 Å². The number of fused-ring (bicyclic) bond motifs is 3. The van der Waals surface area contributed by atoms with Crippen LogP contribution >= 0.6 is 22.9 Å². The lowest BCUT2D eigenvalue weighted by atomic mass is 10.0. The molecule has 3 heterocycles. The molecule has 1 aliphatic rings. The van der Waals surface area contributed by atoms with Crippen LogP contribution in [0, 0.1) is 0 Å². The minimum Gasteiger partial charge on any atom is -0.276 e. The Balaban J connectivity index is 1.97. The molecule has 6 heteroatoms. The number of benzene rings is 1. The number of nitrogens with zero attached hydrogens (tertiary/aromatic N) is 4. The number of hydrogen-bond acceptors (Lipinski definition) is 4. The Hall–Kier alpha value is -1.98. The monoisotopic (exact) mass is 328 g/mol. The van der Waals surface area contributed by atoms with Crippen LogP contribution < -0.4 is 0 Å². The molecule has 3 aromatic rings. The first-order valence-corrected chi connectivity index (χ1v) is 8.29. The van der Waals surface area contributed by atoms with E-state index in [1.807, 2.05) is 28.8 Å². The van der Waals surface area contributed by atoms with Crippen LogP contribution in [-0.4, -0.2) is 20.5 Å². The van der Waals surface area contributed by atoms with Crippen molar-refractivity contribution in [3.05, 3.63) is 63.5 Å². The van der Waals surface area contributed by atoms with Gasteiger partial charge in [0.2, 0.25) is 0 Å². The smallest absolute Gasteiger partial charge is 0.159 e. The summed E-state index contributed by atoms with van der Waals surface area (Å²) in [6.45, 7) is 2.66. The third kappa shape index (κ3) is 2.09. The zero-order chi connectivity index (χ0) is 15.1. The van der Waals surface area contributed by atoms with E-state index < -0.39 is 0 Å². The Labute approximate surface area is 137 Å². The zero-order valence-corrected chi connectivity index (χ0v) is 13.5. The molecule has 2 aromatic heterocycles. The summed E-state index contributed by atoms with van der Waals surface area (Å²) in [5, 5.41) is 10.0. The van der Waals surface area contributed by atoms with Gasteiger partial charge < -0.3 is 0 Å². The molecule has 110 valence electrons. The SMILES string of the molecule is CCc1cc2c(s1)-n1cnnc1CN=C2c1ccccc1Cl. The topological polar surface area (TPSA) is 43.1 Å². The van der Waals surface area contributed by atoms with E-state index in [1.165, 1.54) is 4.88 Å². The van der Waals surface area contributed by atoms with Gasteiger partial charge in [0, 0.05) is 21.0 Å². The predicted molar refractivity (Wildman–Crippen MR) is 89.4 cm³/mol. The molecular weight excluding hydrogens is 316 g/mol. The van der Waals surface area contributed by atoms with Crippen LogP contribution in [0.15, 0.2) is 41.7 Å². The van der Waals surface area contributed by atoms with Crippen molar-refractivity contribution in [3.63, 3.8) is 0 Å². The standard InChI is InChI=1S/C16H13ClN4S/c1-2-10-7-12-15(11-5-3-4-6-13(11)17)18-8-14-20-19-9-21(14)16(12)22-10/h3-7,9H,2,8H2,1H3. The zero-order valence-electron chi connectivity index (χ0n) is 12.0. The second-order valence-electron chi connectivity index (χ2n) is 5.05.